The normalized spacial score (nSPS) is 10.1. The van der Waals surface area contributed by atoms with Gasteiger partial charge in [-0.25, -0.2) is 4.98 Å². The number of nitro groups is 1. The van der Waals surface area contributed by atoms with E-state index in [1.54, 1.807) is 31.2 Å². The van der Waals surface area contributed by atoms with Crippen molar-refractivity contribution < 1.29 is 9.66 Å². The number of hydrogen-bond donors (Lipinski definition) is 2. The fraction of sp³-hybridized carbons (Fsp3) is 0.214. The minimum absolute atomic E-state index is 0.0174. The van der Waals surface area contributed by atoms with Gasteiger partial charge in [-0.1, -0.05) is 0 Å². The van der Waals surface area contributed by atoms with Crippen LogP contribution in [0.5, 0.6) is 5.75 Å². The lowest BCUT2D eigenvalue weighted by atomic mass is 10.2. The topological polar surface area (TPSA) is 103 Å². The van der Waals surface area contributed by atoms with E-state index in [-0.39, 0.29) is 5.69 Å². The molecule has 21 heavy (non-hydrogen) atoms. The molecule has 110 valence electrons. The second-order valence-corrected chi connectivity index (χ2v) is 4.46. The van der Waals surface area contributed by atoms with Gasteiger partial charge in [-0.2, -0.15) is 0 Å². The van der Waals surface area contributed by atoms with E-state index < -0.39 is 4.92 Å². The molecule has 3 N–H and O–H groups in total. The summed E-state index contributed by atoms with van der Waals surface area (Å²) in [5.41, 5.74) is 6.97. The minimum Gasteiger partial charge on any atom is -0.492 e. The number of hydrogen-bond acceptors (Lipinski definition) is 6. The zero-order valence-corrected chi connectivity index (χ0v) is 11.6. The zero-order valence-electron chi connectivity index (χ0n) is 11.6. The van der Waals surface area contributed by atoms with E-state index in [2.05, 4.69) is 10.3 Å². The molecular formula is C14H16N4O3. The first kappa shape index (κ1) is 14.6. The van der Waals surface area contributed by atoms with Crippen LogP contribution in [0.4, 0.5) is 17.2 Å². The molecule has 1 aromatic carbocycles. The molecular weight excluding hydrogens is 272 g/mol. The Morgan fingerprint density at radius 3 is 2.71 bits per heavy atom. The fourth-order valence-corrected chi connectivity index (χ4v) is 1.75. The molecule has 0 aliphatic rings. The first-order valence-corrected chi connectivity index (χ1v) is 6.39. The van der Waals surface area contributed by atoms with Gasteiger partial charge in [0.25, 0.3) is 5.69 Å². The monoisotopic (exact) mass is 288 g/mol. The van der Waals surface area contributed by atoms with E-state index in [4.69, 9.17) is 10.5 Å². The van der Waals surface area contributed by atoms with Crippen LogP contribution < -0.4 is 15.8 Å². The zero-order chi connectivity index (χ0) is 15.2. The second-order valence-electron chi connectivity index (χ2n) is 4.46. The van der Waals surface area contributed by atoms with Crippen molar-refractivity contribution in [2.24, 2.45) is 0 Å². The highest BCUT2D eigenvalue weighted by Crippen LogP contribution is 2.17. The number of nitrogen functional groups attached to an aromatic ring is 1. The summed E-state index contributed by atoms with van der Waals surface area (Å²) >= 11 is 0. The van der Waals surface area contributed by atoms with Crippen LogP contribution in [-0.2, 0) is 0 Å². The average molecular weight is 288 g/mol. The number of ether oxygens (including phenoxy) is 1. The predicted molar refractivity (Wildman–Crippen MR) is 80.5 cm³/mol. The van der Waals surface area contributed by atoms with Crippen LogP contribution in [-0.4, -0.2) is 23.1 Å². The fourth-order valence-electron chi connectivity index (χ4n) is 1.75. The van der Waals surface area contributed by atoms with Gasteiger partial charge in [-0.15, -0.1) is 0 Å². The molecule has 0 fully saturated rings. The lowest BCUT2D eigenvalue weighted by molar-refractivity contribution is -0.385. The Morgan fingerprint density at radius 1 is 1.38 bits per heavy atom. The van der Waals surface area contributed by atoms with Crippen molar-refractivity contribution in [1.82, 2.24) is 4.98 Å². The Labute approximate surface area is 121 Å². The lowest BCUT2D eigenvalue weighted by Crippen LogP contribution is -2.13. The van der Waals surface area contributed by atoms with Crippen LogP contribution in [0, 0.1) is 17.0 Å². The summed E-state index contributed by atoms with van der Waals surface area (Å²) in [5, 5.41) is 13.7. The van der Waals surface area contributed by atoms with Gasteiger partial charge in [0.05, 0.1) is 11.5 Å². The average Bonchev–Trinajstić information content (AvgIpc) is 2.46. The van der Waals surface area contributed by atoms with Crippen molar-refractivity contribution >= 4 is 17.2 Å². The summed E-state index contributed by atoms with van der Waals surface area (Å²) in [6, 6.07) is 8.61. The van der Waals surface area contributed by atoms with Crippen molar-refractivity contribution in [2.75, 3.05) is 24.2 Å². The van der Waals surface area contributed by atoms with Crippen LogP contribution in [0.25, 0.3) is 0 Å². The molecule has 0 atom stereocenters. The van der Waals surface area contributed by atoms with E-state index in [9.17, 15) is 10.1 Å². The standard InChI is InChI=1S/C14H16N4O3/c1-10-8-12(18(19)20)9-17-14(10)16-6-7-21-13-4-2-11(15)3-5-13/h2-5,8-9H,6-7,15H2,1H3,(H,16,17). The van der Waals surface area contributed by atoms with Gasteiger partial charge >= 0.3 is 0 Å². The molecule has 0 spiro atoms. The number of nitrogens with two attached hydrogens (primary N) is 1. The molecule has 7 nitrogen and oxygen atoms in total. The summed E-state index contributed by atoms with van der Waals surface area (Å²) < 4.78 is 5.53. The SMILES string of the molecule is Cc1cc([N+](=O)[O-])cnc1NCCOc1ccc(N)cc1. The van der Waals surface area contributed by atoms with Crippen LogP contribution in [0.3, 0.4) is 0 Å². The number of aromatic nitrogens is 1. The molecule has 0 amide bonds. The van der Waals surface area contributed by atoms with Crippen molar-refractivity contribution in [1.29, 1.82) is 0 Å². The van der Waals surface area contributed by atoms with Crippen LogP contribution in [0.1, 0.15) is 5.56 Å². The van der Waals surface area contributed by atoms with Gasteiger partial charge in [0.2, 0.25) is 0 Å². The number of pyridine rings is 1. The third-order valence-electron chi connectivity index (χ3n) is 2.82. The van der Waals surface area contributed by atoms with Crippen molar-refractivity contribution in [3.05, 3.63) is 52.2 Å². The number of aryl methyl sites for hydroxylation is 1. The molecule has 0 saturated heterocycles. The number of benzene rings is 1. The van der Waals surface area contributed by atoms with E-state index in [1.807, 2.05) is 0 Å². The molecule has 0 aliphatic heterocycles. The van der Waals surface area contributed by atoms with Gasteiger partial charge < -0.3 is 15.8 Å². The third-order valence-corrected chi connectivity index (χ3v) is 2.82. The molecule has 1 aromatic heterocycles. The molecule has 0 unspecified atom stereocenters. The predicted octanol–water partition coefficient (Wildman–Crippen LogP) is 2.37. The van der Waals surface area contributed by atoms with Gasteiger partial charge in [0.1, 0.15) is 24.4 Å². The van der Waals surface area contributed by atoms with Crippen LogP contribution in [0.15, 0.2) is 36.5 Å². The lowest BCUT2D eigenvalue weighted by Gasteiger charge is -2.09. The molecule has 1 heterocycles. The summed E-state index contributed by atoms with van der Waals surface area (Å²) in [6.07, 6.45) is 1.23. The summed E-state index contributed by atoms with van der Waals surface area (Å²) in [4.78, 5) is 14.2. The molecule has 0 aliphatic carbocycles. The quantitative estimate of drug-likeness (QED) is 0.366. The Balaban J connectivity index is 1.83. The Hall–Kier alpha value is -2.83. The summed E-state index contributed by atoms with van der Waals surface area (Å²) in [7, 11) is 0. The van der Waals surface area contributed by atoms with Crippen molar-refractivity contribution in [2.45, 2.75) is 6.92 Å². The molecule has 0 bridgehead atoms. The Kier molecular flexibility index (Phi) is 4.55. The van der Waals surface area contributed by atoms with Gasteiger partial charge in [0, 0.05) is 11.8 Å². The Bertz CT molecular complexity index is 629. The van der Waals surface area contributed by atoms with Gasteiger partial charge in [-0.3, -0.25) is 10.1 Å². The first-order chi connectivity index (χ1) is 10.1. The highest BCUT2D eigenvalue weighted by atomic mass is 16.6. The number of nitrogens with zero attached hydrogens (tertiary/aromatic N) is 2. The van der Waals surface area contributed by atoms with Gasteiger partial charge in [-0.05, 0) is 36.8 Å². The van der Waals surface area contributed by atoms with Crippen molar-refractivity contribution in [3.63, 3.8) is 0 Å². The van der Waals surface area contributed by atoms with E-state index in [1.165, 1.54) is 12.3 Å². The second kappa shape index (κ2) is 6.56. The number of nitrogens with one attached hydrogen (secondary N) is 1. The number of rotatable bonds is 6. The summed E-state index contributed by atoms with van der Waals surface area (Å²) in [6.45, 7) is 2.75. The summed E-state index contributed by atoms with van der Waals surface area (Å²) in [5.74, 6) is 1.35. The molecule has 2 rings (SSSR count). The van der Waals surface area contributed by atoms with E-state index >= 15 is 0 Å². The highest BCUT2D eigenvalue weighted by Gasteiger charge is 2.08. The molecule has 2 aromatic rings. The van der Waals surface area contributed by atoms with Gasteiger partial charge in [0.15, 0.2) is 0 Å². The molecule has 0 radical (unpaired) electrons. The Morgan fingerprint density at radius 2 is 2.10 bits per heavy atom. The third kappa shape index (κ3) is 4.07. The van der Waals surface area contributed by atoms with Crippen LogP contribution in [0.2, 0.25) is 0 Å². The largest absolute Gasteiger partial charge is 0.492 e. The highest BCUT2D eigenvalue weighted by molar-refractivity contribution is 5.48. The molecule has 0 saturated carbocycles. The smallest absolute Gasteiger partial charge is 0.287 e. The van der Waals surface area contributed by atoms with E-state index in [0.29, 0.717) is 24.7 Å². The minimum atomic E-state index is -0.464. The maximum atomic E-state index is 10.6. The van der Waals surface area contributed by atoms with Crippen molar-refractivity contribution in [3.8, 4) is 5.75 Å². The number of anilines is 2. The first-order valence-electron chi connectivity index (χ1n) is 6.39. The van der Waals surface area contributed by atoms with Crippen LogP contribution >= 0.6 is 0 Å². The maximum absolute atomic E-state index is 10.6. The maximum Gasteiger partial charge on any atom is 0.287 e. The molecule has 7 heteroatoms. The van der Waals surface area contributed by atoms with E-state index in [0.717, 1.165) is 11.3 Å².